The van der Waals surface area contributed by atoms with Crippen LogP contribution >= 0.6 is 11.8 Å². The third-order valence-electron chi connectivity index (χ3n) is 4.10. The number of amides is 1. The minimum atomic E-state index is -1.10. The van der Waals surface area contributed by atoms with Crippen LogP contribution < -0.4 is 10.1 Å². The molecule has 0 radical (unpaired) electrons. The average Bonchev–Trinajstić information content (AvgIpc) is 2.74. The first kappa shape index (κ1) is 20.9. The summed E-state index contributed by atoms with van der Waals surface area (Å²) < 4.78 is 5.19. The lowest BCUT2D eigenvalue weighted by molar-refractivity contribution is -0.384. The normalized spacial score (nSPS) is 10.3. The first-order valence-corrected chi connectivity index (χ1v) is 9.44. The molecule has 0 saturated heterocycles. The molecule has 2 N–H and O–H groups in total. The van der Waals surface area contributed by atoms with Gasteiger partial charge < -0.3 is 15.2 Å². The Morgan fingerprint density at radius 2 is 1.77 bits per heavy atom. The van der Waals surface area contributed by atoms with Gasteiger partial charge in [-0.05, 0) is 42.5 Å². The van der Waals surface area contributed by atoms with Crippen molar-refractivity contribution in [1.29, 1.82) is 0 Å². The van der Waals surface area contributed by atoms with Crippen LogP contribution in [0.4, 0.5) is 11.4 Å². The Morgan fingerprint density at radius 3 is 2.40 bits per heavy atom. The molecule has 0 fully saturated rings. The largest absolute Gasteiger partial charge is 0.495 e. The minimum absolute atomic E-state index is 0.0118. The first-order valence-electron chi connectivity index (χ1n) is 8.63. The van der Waals surface area contributed by atoms with Gasteiger partial charge in [-0.15, -0.1) is 0 Å². The van der Waals surface area contributed by atoms with Gasteiger partial charge in [0.15, 0.2) is 0 Å². The van der Waals surface area contributed by atoms with Crippen molar-refractivity contribution >= 4 is 35.0 Å². The van der Waals surface area contributed by atoms with Gasteiger partial charge in [0, 0.05) is 21.9 Å². The third kappa shape index (κ3) is 4.76. The van der Waals surface area contributed by atoms with Crippen molar-refractivity contribution in [1.82, 2.24) is 0 Å². The van der Waals surface area contributed by atoms with Crippen molar-refractivity contribution in [3.05, 3.63) is 88.0 Å². The van der Waals surface area contributed by atoms with Gasteiger partial charge in [0.1, 0.15) is 5.75 Å². The molecule has 0 bridgehead atoms. The lowest BCUT2D eigenvalue weighted by atomic mass is 10.1. The van der Waals surface area contributed by atoms with E-state index in [2.05, 4.69) is 5.32 Å². The average molecular weight is 424 g/mol. The zero-order chi connectivity index (χ0) is 21.7. The molecule has 0 aromatic heterocycles. The van der Waals surface area contributed by atoms with Crippen molar-refractivity contribution in [2.24, 2.45) is 0 Å². The van der Waals surface area contributed by atoms with Gasteiger partial charge in [-0.3, -0.25) is 14.9 Å². The summed E-state index contributed by atoms with van der Waals surface area (Å²) in [5, 5.41) is 22.6. The van der Waals surface area contributed by atoms with Crippen LogP contribution in [0.5, 0.6) is 5.75 Å². The minimum Gasteiger partial charge on any atom is -0.495 e. The van der Waals surface area contributed by atoms with Gasteiger partial charge >= 0.3 is 5.97 Å². The molecule has 152 valence electrons. The summed E-state index contributed by atoms with van der Waals surface area (Å²) in [5.74, 6) is -1.28. The van der Waals surface area contributed by atoms with Crippen LogP contribution in [-0.4, -0.2) is 29.0 Å². The summed E-state index contributed by atoms with van der Waals surface area (Å²) in [5.41, 5.74) is 0.758. The fourth-order valence-electron chi connectivity index (χ4n) is 2.62. The van der Waals surface area contributed by atoms with E-state index in [0.29, 0.717) is 16.1 Å². The quantitative estimate of drug-likeness (QED) is 0.416. The number of methoxy groups -OCH3 is 1. The second-order valence-electron chi connectivity index (χ2n) is 6.02. The first-order chi connectivity index (χ1) is 14.4. The number of nitro groups is 1. The Hall–Kier alpha value is -3.85. The molecular formula is C21H16N2O6S. The van der Waals surface area contributed by atoms with E-state index in [-0.39, 0.29) is 17.0 Å². The van der Waals surface area contributed by atoms with E-state index < -0.39 is 16.8 Å². The topological polar surface area (TPSA) is 119 Å². The molecule has 0 aliphatic carbocycles. The van der Waals surface area contributed by atoms with E-state index in [9.17, 15) is 19.7 Å². The van der Waals surface area contributed by atoms with Gasteiger partial charge in [0.2, 0.25) is 0 Å². The molecule has 0 spiro atoms. The molecule has 30 heavy (non-hydrogen) atoms. The maximum atomic E-state index is 12.9. The predicted octanol–water partition coefficient (Wildman–Crippen LogP) is 4.71. The Bertz CT molecular complexity index is 1110. The number of carbonyl (C=O) groups excluding carboxylic acids is 1. The summed E-state index contributed by atoms with van der Waals surface area (Å²) in [6.07, 6.45) is 0. The molecule has 0 atom stereocenters. The van der Waals surface area contributed by atoms with Crippen molar-refractivity contribution in [3.8, 4) is 5.75 Å². The summed E-state index contributed by atoms with van der Waals surface area (Å²) in [6.45, 7) is 0. The maximum absolute atomic E-state index is 12.9. The smallest absolute Gasteiger partial charge is 0.335 e. The van der Waals surface area contributed by atoms with Crippen LogP contribution in [0.25, 0.3) is 0 Å². The van der Waals surface area contributed by atoms with Gasteiger partial charge in [-0.25, -0.2) is 4.79 Å². The molecule has 0 saturated carbocycles. The number of carbonyl (C=O) groups is 2. The fourth-order valence-corrected chi connectivity index (χ4v) is 3.57. The Kier molecular flexibility index (Phi) is 6.33. The van der Waals surface area contributed by atoms with Crippen molar-refractivity contribution < 1.29 is 24.4 Å². The standard InChI is InChI=1S/C21H16N2O6S/c1-29-18-12-13(21(25)26)6-11-17(18)22-20(24)16-4-2-3-5-19(16)30-15-9-7-14(8-10-15)23(27)28/h2-12H,1H3,(H,22,24)(H,25,26). The lowest BCUT2D eigenvalue weighted by Gasteiger charge is -2.13. The Morgan fingerprint density at radius 1 is 1.07 bits per heavy atom. The number of aromatic carboxylic acids is 1. The number of carboxylic acids is 1. The molecule has 0 aliphatic heterocycles. The van der Waals surface area contributed by atoms with E-state index in [1.165, 1.54) is 49.2 Å². The molecule has 8 nitrogen and oxygen atoms in total. The summed E-state index contributed by atoms with van der Waals surface area (Å²) >= 11 is 1.30. The van der Waals surface area contributed by atoms with Gasteiger partial charge in [-0.2, -0.15) is 0 Å². The number of rotatable bonds is 7. The number of nitrogens with zero attached hydrogens (tertiary/aromatic N) is 1. The van der Waals surface area contributed by atoms with E-state index >= 15 is 0 Å². The van der Waals surface area contributed by atoms with E-state index in [0.717, 1.165) is 4.90 Å². The highest BCUT2D eigenvalue weighted by molar-refractivity contribution is 7.99. The van der Waals surface area contributed by atoms with Crippen LogP contribution in [0.2, 0.25) is 0 Å². The zero-order valence-corrected chi connectivity index (χ0v) is 16.5. The Labute approximate surface area is 175 Å². The predicted molar refractivity (Wildman–Crippen MR) is 112 cm³/mol. The van der Waals surface area contributed by atoms with Crippen LogP contribution in [0, 0.1) is 10.1 Å². The van der Waals surface area contributed by atoms with Gasteiger partial charge in [0.05, 0.1) is 28.8 Å². The summed E-state index contributed by atoms with van der Waals surface area (Å²) in [7, 11) is 1.38. The van der Waals surface area contributed by atoms with Crippen LogP contribution in [0.1, 0.15) is 20.7 Å². The Balaban J connectivity index is 1.84. The second kappa shape index (κ2) is 9.10. The molecule has 9 heteroatoms. The SMILES string of the molecule is COc1cc(C(=O)O)ccc1NC(=O)c1ccccc1Sc1ccc([N+](=O)[O-])cc1. The lowest BCUT2D eigenvalue weighted by Crippen LogP contribution is -2.14. The zero-order valence-electron chi connectivity index (χ0n) is 15.7. The third-order valence-corrected chi connectivity index (χ3v) is 5.19. The summed E-state index contributed by atoms with van der Waals surface area (Å²) in [4.78, 5) is 35.7. The maximum Gasteiger partial charge on any atom is 0.335 e. The molecule has 3 rings (SSSR count). The number of nitro benzene ring substituents is 1. The molecular weight excluding hydrogens is 408 g/mol. The van der Waals surface area contributed by atoms with Crippen LogP contribution in [0.15, 0.2) is 76.5 Å². The van der Waals surface area contributed by atoms with Crippen LogP contribution in [-0.2, 0) is 0 Å². The van der Waals surface area contributed by atoms with Crippen molar-refractivity contribution in [2.75, 3.05) is 12.4 Å². The number of carboxylic acid groups (broad SMARTS) is 1. The molecule has 0 heterocycles. The number of hydrogen-bond donors (Lipinski definition) is 2. The van der Waals surface area contributed by atoms with E-state index in [4.69, 9.17) is 9.84 Å². The highest BCUT2D eigenvalue weighted by Gasteiger charge is 2.16. The number of non-ortho nitro benzene ring substituents is 1. The second-order valence-corrected chi connectivity index (χ2v) is 7.14. The molecule has 0 unspecified atom stereocenters. The monoisotopic (exact) mass is 424 g/mol. The molecule has 3 aromatic carbocycles. The summed E-state index contributed by atoms with van der Waals surface area (Å²) in [6, 6.07) is 17.1. The van der Waals surface area contributed by atoms with E-state index in [1.807, 2.05) is 0 Å². The number of anilines is 1. The van der Waals surface area contributed by atoms with Crippen LogP contribution in [0.3, 0.4) is 0 Å². The number of ether oxygens (including phenoxy) is 1. The molecule has 1 amide bonds. The van der Waals surface area contributed by atoms with E-state index in [1.54, 1.807) is 36.4 Å². The molecule has 0 aliphatic rings. The molecule has 3 aromatic rings. The number of nitrogens with one attached hydrogen (secondary N) is 1. The van der Waals surface area contributed by atoms with Gasteiger partial charge in [0.25, 0.3) is 11.6 Å². The van der Waals surface area contributed by atoms with Crippen molar-refractivity contribution in [3.63, 3.8) is 0 Å². The fraction of sp³-hybridized carbons (Fsp3) is 0.0476. The highest BCUT2D eigenvalue weighted by atomic mass is 32.2. The van der Waals surface area contributed by atoms with Gasteiger partial charge in [-0.1, -0.05) is 23.9 Å². The number of benzene rings is 3. The van der Waals surface area contributed by atoms with Crippen molar-refractivity contribution in [2.45, 2.75) is 9.79 Å². The number of hydrogen-bond acceptors (Lipinski definition) is 6. The highest BCUT2D eigenvalue weighted by Crippen LogP contribution is 2.33.